The van der Waals surface area contributed by atoms with Crippen molar-refractivity contribution in [2.45, 2.75) is 51.5 Å². The molecule has 0 radical (unpaired) electrons. The summed E-state index contributed by atoms with van der Waals surface area (Å²) >= 11 is 0. The number of hydrogen-bond donors (Lipinski definition) is 3. The number of hydrogen-bond acceptors (Lipinski definition) is 7. The Morgan fingerprint density at radius 3 is 2.17 bits per heavy atom. The highest BCUT2D eigenvalue weighted by Gasteiger charge is 2.24. The van der Waals surface area contributed by atoms with Gasteiger partial charge in [0.15, 0.2) is 5.84 Å². The Hall–Kier alpha value is -3.30. The van der Waals surface area contributed by atoms with Crippen LogP contribution in [0.4, 0.5) is 11.4 Å². The molecule has 0 aromatic heterocycles. The van der Waals surface area contributed by atoms with Gasteiger partial charge in [0.25, 0.3) is 0 Å². The van der Waals surface area contributed by atoms with Gasteiger partial charge in [0.2, 0.25) is 5.91 Å². The Balaban J connectivity index is 1.15. The molecule has 0 atom stereocenters. The zero-order valence-corrected chi connectivity index (χ0v) is 25.0. The number of carbonyl (C=O) groups is 1. The number of likely N-dealkylation sites (tertiary alicyclic amines) is 1. The van der Waals surface area contributed by atoms with E-state index in [0.717, 1.165) is 69.9 Å². The molecular weight excluding hydrogens is 500 g/mol. The third kappa shape index (κ3) is 8.11. The van der Waals surface area contributed by atoms with Crippen molar-refractivity contribution in [1.29, 1.82) is 0 Å². The van der Waals surface area contributed by atoms with E-state index in [-0.39, 0.29) is 11.3 Å². The highest BCUT2D eigenvalue weighted by molar-refractivity contribution is 5.97. The van der Waals surface area contributed by atoms with Crippen molar-refractivity contribution in [3.05, 3.63) is 59.7 Å². The quantitative estimate of drug-likeness (QED) is 0.252. The lowest BCUT2D eigenvalue weighted by molar-refractivity contribution is -0.132. The average Bonchev–Trinajstić information content (AvgIpc) is 2.96. The van der Waals surface area contributed by atoms with Crippen LogP contribution in [0, 0.1) is 0 Å². The van der Waals surface area contributed by atoms with E-state index >= 15 is 0 Å². The van der Waals surface area contributed by atoms with E-state index in [1.807, 2.05) is 29.2 Å². The van der Waals surface area contributed by atoms with Crippen molar-refractivity contribution in [2.75, 3.05) is 70.1 Å². The highest BCUT2D eigenvalue weighted by atomic mass is 16.2. The first-order valence-electron chi connectivity index (χ1n) is 14.6. The van der Waals surface area contributed by atoms with Crippen molar-refractivity contribution < 1.29 is 4.79 Å². The number of anilines is 2. The molecule has 2 aliphatic rings. The molecule has 2 aromatic carbocycles. The summed E-state index contributed by atoms with van der Waals surface area (Å²) in [4.78, 5) is 19.9. The SMILES string of the molecule is CNN(C)N=C(N)c1ccc(NC2CCN(C(=O)CCN3CCN(c4ccc(C(C)(C)C)cc4)CC3)CC2)cc1. The number of piperazine rings is 1. The molecule has 218 valence electrons. The summed E-state index contributed by atoms with van der Waals surface area (Å²) < 4.78 is 0. The number of hydrazine groups is 1. The smallest absolute Gasteiger partial charge is 0.223 e. The van der Waals surface area contributed by atoms with E-state index in [1.54, 1.807) is 19.2 Å². The summed E-state index contributed by atoms with van der Waals surface area (Å²) in [5.41, 5.74) is 13.8. The van der Waals surface area contributed by atoms with Gasteiger partial charge in [-0.25, -0.2) is 10.5 Å². The van der Waals surface area contributed by atoms with Gasteiger partial charge in [-0.05, 0) is 60.2 Å². The molecule has 2 aliphatic heterocycles. The Kier molecular flexibility index (Phi) is 9.92. The van der Waals surface area contributed by atoms with Gasteiger partial charge in [-0.2, -0.15) is 0 Å². The van der Waals surface area contributed by atoms with Gasteiger partial charge < -0.3 is 20.9 Å². The highest BCUT2D eigenvalue weighted by Crippen LogP contribution is 2.25. The lowest BCUT2D eigenvalue weighted by atomic mass is 9.87. The first-order chi connectivity index (χ1) is 19.1. The maximum absolute atomic E-state index is 12.9. The Labute approximate surface area is 240 Å². The molecule has 2 heterocycles. The van der Waals surface area contributed by atoms with E-state index in [4.69, 9.17) is 5.73 Å². The summed E-state index contributed by atoms with van der Waals surface area (Å²) in [5, 5.41) is 9.45. The van der Waals surface area contributed by atoms with Gasteiger partial charge in [0, 0.05) is 89.3 Å². The molecule has 0 unspecified atom stereocenters. The van der Waals surface area contributed by atoms with Crippen molar-refractivity contribution in [2.24, 2.45) is 10.8 Å². The molecule has 2 saturated heterocycles. The summed E-state index contributed by atoms with van der Waals surface area (Å²) in [6, 6.07) is 17.4. The molecule has 40 heavy (non-hydrogen) atoms. The number of piperidine rings is 1. The largest absolute Gasteiger partial charge is 0.382 e. The fraction of sp³-hybridized carbons (Fsp3) is 0.548. The number of nitrogens with zero attached hydrogens (tertiary/aromatic N) is 5. The molecule has 0 bridgehead atoms. The van der Waals surface area contributed by atoms with Crippen LogP contribution >= 0.6 is 0 Å². The van der Waals surface area contributed by atoms with Crippen LogP contribution in [0.2, 0.25) is 0 Å². The zero-order valence-electron chi connectivity index (χ0n) is 25.0. The number of amides is 1. The van der Waals surface area contributed by atoms with Crippen molar-refractivity contribution in [1.82, 2.24) is 20.3 Å². The number of amidine groups is 1. The summed E-state index contributed by atoms with van der Waals surface area (Å²) in [6.45, 7) is 13.2. The maximum atomic E-state index is 12.9. The first-order valence-corrected chi connectivity index (χ1v) is 14.6. The Morgan fingerprint density at radius 1 is 0.975 bits per heavy atom. The van der Waals surface area contributed by atoms with Gasteiger partial charge in [0.05, 0.1) is 0 Å². The molecule has 1 amide bonds. The minimum absolute atomic E-state index is 0.178. The van der Waals surface area contributed by atoms with Crippen LogP contribution in [0.5, 0.6) is 0 Å². The lowest BCUT2D eigenvalue weighted by Crippen LogP contribution is -2.48. The van der Waals surface area contributed by atoms with Crippen molar-refractivity contribution in [3.8, 4) is 0 Å². The average molecular weight is 549 g/mol. The van der Waals surface area contributed by atoms with Crippen LogP contribution < -0.4 is 21.4 Å². The van der Waals surface area contributed by atoms with Crippen LogP contribution in [-0.4, -0.2) is 92.6 Å². The minimum Gasteiger partial charge on any atom is -0.382 e. The molecule has 2 aromatic rings. The molecule has 0 saturated carbocycles. The summed E-state index contributed by atoms with van der Waals surface area (Å²) in [6.07, 6.45) is 2.51. The van der Waals surface area contributed by atoms with Gasteiger partial charge >= 0.3 is 0 Å². The topological polar surface area (TPSA) is 92.5 Å². The summed E-state index contributed by atoms with van der Waals surface area (Å²) in [5.74, 6) is 0.743. The minimum atomic E-state index is 0.178. The number of rotatable bonds is 9. The van der Waals surface area contributed by atoms with E-state index in [9.17, 15) is 4.79 Å². The second-order valence-corrected chi connectivity index (χ2v) is 12.0. The van der Waals surface area contributed by atoms with Crippen molar-refractivity contribution in [3.63, 3.8) is 0 Å². The van der Waals surface area contributed by atoms with Gasteiger partial charge in [0.1, 0.15) is 0 Å². The monoisotopic (exact) mass is 548 g/mol. The van der Waals surface area contributed by atoms with Crippen LogP contribution in [0.25, 0.3) is 0 Å². The fourth-order valence-corrected chi connectivity index (χ4v) is 5.33. The van der Waals surface area contributed by atoms with Gasteiger partial charge in [-0.15, -0.1) is 5.10 Å². The molecule has 4 rings (SSSR count). The standard InChI is InChI=1S/C31H48N8O/c1-31(2,3)25-8-12-28(13-9-25)38-22-20-37(21-23-38)17-16-29(40)39-18-14-27(15-19-39)34-26-10-6-24(7-11-26)30(32)35-36(5)33-4/h6-13,27,33-34H,14-23H2,1-5H3,(H2,32,35). The number of nitrogens with two attached hydrogens (primary N) is 1. The second-order valence-electron chi connectivity index (χ2n) is 12.0. The van der Waals surface area contributed by atoms with E-state index < -0.39 is 0 Å². The molecule has 9 nitrogen and oxygen atoms in total. The maximum Gasteiger partial charge on any atom is 0.223 e. The zero-order chi connectivity index (χ0) is 28.7. The first kappa shape index (κ1) is 29.7. The number of benzene rings is 2. The number of nitrogens with one attached hydrogen (secondary N) is 2. The van der Waals surface area contributed by atoms with Crippen LogP contribution in [0.15, 0.2) is 53.6 Å². The predicted octanol–water partition coefficient (Wildman–Crippen LogP) is 3.29. The van der Waals surface area contributed by atoms with Crippen LogP contribution in [0.1, 0.15) is 51.2 Å². The molecular formula is C31H48N8O. The molecule has 0 spiro atoms. The Morgan fingerprint density at radius 2 is 1.60 bits per heavy atom. The summed E-state index contributed by atoms with van der Waals surface area (Å²) in [7, 11) is 3.59. The van der Waals surface area contributed by atoms with Crippen LogP contribution in [0.3, 0.4) is 0 Å². The third-order valence-corrected chi connectivity index (χ3v) is 8.09. The van der Waals surface area contributed by atoms with E-state index in [1.165, 1.54) is 11.3 Å². The number of carbonyl (C=O) groups excluding carboxylic acids is 1. The van der Waals surface area contributed by atoms with Gasteiger partial charge in [-0.3, -0.25) is 9.69 Å². The fourth-order valence-electron chi connectivity index (χ4n) is 5.33. The van der Waals surface area contributed by atoms with E-state index in [0.29, 0.717) is 18.3 Å². The third-order valence-electron chi connectivity index (χ3n) is 8.09. The second kappa shape index (κ2) is 13.4. The molecule has 2 fully saturated rings. The normalized spacial score (nSPS) is 17.7. The molecule has 9 heteroatoms. The lowest BCUT2D eigenvalue weighted by Gasteiger charge is -2.37. The molecule has 4 N–H and O–H groups in total. The number of hydrazone groups is 1. The predicted molar refractivity (Wildman–Crippen MR) is 166 cm³/mol. The molecule has 0 aliphatic carbocycles. The van der Waals surface area contributed by atoms with E-state index in [2.05, 4.69) is 70.7 Å². The van der Waals surface area contributed by atoms with Crippen LogP contribution in [-0.2, 0) is 10.2 Å². The Bertz CT molecular complexity index is 1110. The van der Waals surface area contributed by atoms with Crippen molar-refractivity contribution >= 4 is 23.1 Å². The van der Waals surface area contributed by atoms with Gasteiger partial charge in [-0.1, -0.05) is 32.9 Å².